The molecule has 5 nitrogen and oxygen atoms in total. The Labute approximate surface area is 86.9 Å². The molecule has 1 heterocycles. The number of nitrogens with two attached hydrogens (primary N) is 1. The third kappa shape index (κ3) is 1.97. The second kappa shape index (κ2) is 4.10. The van der Waals surface area contributed by atoms with Gasteiger partial charge in [-0.1, -0.05) is 35.5 Å². The predicted octanol–water partition coefficient (Wildman–Crippen LogP) is 1.39. The summed E-state index contributed by atoms with van der Waals surface area (Å²) in [5.74, 6) is 0.432. The molecule has 2 rings (SSSR count). The summed E-state index contributed by atoms with van der Waals surface area (Å²) in [5.41, 5.74) is 6.31. The van der Waals surface area contributed by atoms with Gasteiger partial charge in [0.15, 0.2) is 0 Å². The van der Waals surface area contributed by atoms with Crippen molar-refractivity contribution in [1.29, 1.82) is 0 Å². The monoisotopic (exact) mass is 205 g/mol. The van der Waals surface area contributed by atoms with Gasteiger partial charge in [-0.3, -0.25) is 0 Å². The first-order chi connectivity index (χ1) is 7.31. The van der Waals surface area contributed by atoms with E-state index in [1.165, 1.54) is 0 Å². The highest BCUT2D eigenvalue weighted by molar-refractivity contribution is 5.23. The van der Waals surface area contributed by atoms with Crippen molar-refractivity contribution in [3.8, 4) is 0 Å². The van der Waals surface area contributed by atoms with Crippen LogP contribution in [0.2, 0.25) is 0 Å². The number of benzene rings is 1. The second-order valence-corrected chi connectivity index (χ2v) is 3.02. The summed E-state index contributed by atoms with van der Waals surface area (Å²) in [6.07, 6.45) is -0.341. The summed E-state index contributed by atoms with van der Waals surface area (Å²) in [4.78, 5) is 3.93. The van der Waals surface area contributed by atoms with Crippen LogP contribution < -0.4 is 5.73 Å². The summed E-state index contributed by atoms with van der Waals surface area (Å²) < 4.78 is 10.0. The molecule has 0 fully saturated rings. The Morgan fingerprint density at radius 2 is 2.07 bits per heavy atom. The first-order valence-corrected chi connectivity index (χ1v) is 4.48. The molecule has 2 N–H and O–H groups in total. The van der Waals surface area contributed by atoms with Gasteiger partial charge < -0.3 is 15.0 Å². The highest BCUT2D eigenvalue weighted by atomic mass is 16.5. The van der Waals surface area contributed by atoms with E-state index in [2.05, 4.69) is 10.1 Å². The van der Waals surface area contributed by atoms with Gasteiger partial charge >= 0.3 is 6.01 Å². The highest BCUT2D eigenvalue weighted by Crippen LogP contribution is 2.22. The van der Waals surface area contributed by atoms with Crippen LogP contribution in [0.3, 0.4) is 0 Å². The molecule has 0 bridgehead atoms. The molecule has 15 heavy (non-hydrogen) atoms. The molecule has 0 aliphatic heterocycles. The molecule has 0 radical (unpaired) electrons. The Hall–Kier alpha value is -1.88. The SMILES string of the molecule is COC(c1ccccc1)c1noc(N)n1. The van der Waals surface area contributed by atoms with Gasteiger partial charge in [0.25, 0.3) is 0 Å². The van der Waals surface area contributed by atoms with Crippen molar-refractivity contribution in [1.82, 2.24) is 10.1 Å². The van der Waals surface area contributed by atoms with E-state index < -0.39 is 0 Å². The lowest BCUT2D eigenvalue weighted by atomic mass is 10.1. The van der Waals surface area contributed by atoms with Gasteiger partial charge in [0.2, 0.25) is 5.82 Å². The Kier molecular flexibility index (Phi) is 2.64. The van der Waals surface area contributed by atoms with Crippen molar-refractivity contribution in [2.24, 2.45) is 0 Å². The number of nitrogen functional groups attached to an aromatic ring is 1. The Morgan fingerprint density at radius 1 is 1.33 bits per heavy atom. The second-order valence-electron chi connectivity index (χ2n) is 3.02. The average molecular weight is 205 g/mol. The molecule has 0 saturated carbocycles. The van der Waals surface area contributed by atoms with Crippen LogP contribution in [-0.2, 0) is 4.74 Å². The molecule has 2 aromatic rings. The zero-order valence-electron chi connectivity index (χ0n) is 8.25. The van der Waals surface area contributed by atoms with E-state index in [0.717, 1.165) is 5.56 Å². The van der Waals surface area contributed by atoms with Crippen molar-refractivity contribution >= 4 is 6.01 Å². The molecule has 0 amide bonds. The normalized spacial score (nSPS) is 12.6. The van der Waals surface area contributed by atoms with Crippen molar-refractivity contribution in [2.75, 3.05) is 12.8 Å². The van der Waals surface area contributed by atoms with Crippen LogP contribution >= 0.6 is 0 Å². The van der Waals surface area contributed by atoms with Crippen LogP contribution in [0, 0.1) is 0 Å². The van der Waals surface area contributed by atoms with Gasteiger partial charge in [-0.25, -0.2) is 0 Å². The van der Waals surface area contributed by atoms with Gasteiger partial charge in [0, 0.05) is 7.11 Å². The maximum absolute atomic E-state index is 5.35. The average Bonchev–Trinajstić information content (AvgIpc) is 2.68. The highest BCUT2D eigenvalue weighted by Gasteiger charge is 2.18. The van der Waals surface area contributed by atoms with Gasteiger partial charge in [0.1, 0.15) is 6.10 Å². The maximum atomic E-state index is 5.35. The van der Waals surface area contributed by atoms with E-state index in [0.29, 0.717) is 5.82 Å². The minimum absolute atomic E-state index is 0.0444. The summed E-state index contributed by atoms with van der Waals surface area (Å²) >= 11 is 0. The minimum Gasteiger partial charge on any atom is -0.369 e. The zero-order chi connectivity index (χ0) is 10.7. The maximum Gasteiger partial charge on any atom is 0.318 e. The fourth-order valence-electron chi connectivity index (χ4n) is 1.37. The van der Waals surface area contributed by atoms with E-state index >= 15 is 0 Å². The van der Waals surface area contributed by atoms with Crippen molar-refractivity contribution in [2.45, 2.75) is 6.10 Å². The molecule has 78 valence electrons. The van der Waals surface area contributed by atoms with Crippen LogP contribution in [0.25, 0.3) is 0 Å². The van der Waals surface area contributed by atoms with Crippen LogP contribution in [0.5, 0.6) is 0 Å². The molecule has 1 unspecified atom stereocenters. The molecule has 1 aromatic carbocycles. The Balaban J connectivity index is 2.33. The van der Waals surface area contributed by atoms with Crippen LogP contribution in [0.4, 0.5) is 6.01 Å². The van der Waals surface area contributed by atoms with Crippen molar-refractivity contribution < 1.29 is 9.26 Å². The van der Waals surface area contributed by atoms with Crippen LogP contribution in [-0.4, -0.2) is 17.3 Å². The molecule has 0 saturated heterocycles. The fourth-order valence-corrected chi connectivity index (χ4v) is 1.37. The van der Waals surface area contributed by atoms with E-state index in [1.54, 1.807) is 7.11 Å². The predicted molar refractivity (Wildman–Crippen MR) is 54.0 cm³/mol. The lowest BCUT2D eigenvalue weighted by Gasteiger charge is -2.10. The topological polar surface area (TPSA) is 74.2 Å². The van der Waals surface area contributed by atoms with Crippen molar-refractivity contribution in [3.63, 3.8) is 0 Å². The van der Waals surface area contributed by atoms with Crippen LogP contribution in [0.1, 0.15) is 17.5 Å². The van der Waals surface area contributed by atoms with Gasteiger partial charge in [-0.05, 0) is 5.56 Å². The summed E-state index contributed by atoms with van der Waals surface area (Å²) in [6.45, 7) is 0. The van der Waals surface area contributed by atoms with Gasteiger partial charge in [0.05, 0.1) is 0 Å². The number of nitrogens with zero attached hydrogens (tertiary/aromatic N) is 2. The number of rotatable bonds is 3. The van der Waals surface area contributed by atoms with E-state index in [1.807, 2.05) is 30.3 Å². The Bertz CT molecular complexity index is 427. The summed E-state index contributed by atoms with van der Waals surface area (Å²) in [6, 6.07) is 9.68. The summed E-state index contributed by atoms with van der Waals surface area (Å²) in [5, 5.41) is 3.73. The van der Waals surface area contributed by atoms with E-state index in [4.69, 9.17) is 15.0 Å². The standard InChI is InChI=1S/C10H11N3O2/c1-14-8(7-5-3-2-4-6-7)9-12-10(11)15-13-9/h2-6,8H,1H3,(H2,11,12,13). The number of hydrogen-bond acceptors (Lipinski definition) is 5. The number of methoxy groups -OCH3 is 1. The fraction of sp³-hybridized carbons (Fsp3) is 0.200. The smallest absolute Gasteiger partial charge is 0.318 e. The molecular formula is C10H11N3O2. The molecule has 1 atom stereocenters. The first kappa shape index (κ1) is 9.67. The quantitative estimate of drug-likeness (QED) is 0.819. The third-order valence-electron chi connectivity index (χ3n) is 2.03. The molecule has 5 heteroatoms. The molecule has 1 aromatic heterocycles. The minimum atomic E-state index is -0.341. The zero-order valence-corrected chi connectivity index (χ0v) is 8.25. The first-order valence-electron chi connectivity index (χ1n) is 4.48. The van der Waals surface area contributed by atoms with E-state index in [9.17, 15) is 0 Å². The van der Waals surface area contributed by atoms with Crippen molar-refractivity contribution in [3.05, 3.63) is 41.7 Å². The number of aromatic nitrogens is 2. The lowest BCUT2D eigenvalue weighted by molar-refractivity contribution is 0.126. The van der Waals surface area contributed by atoms with Crippen LogP contribution in [0.15, 0.2) is 34.9 Å². The van der Waals surface area contributed by atoms with Gasteiger partial charge in [-0.15, -0.1) is 0 Å². The third-order valence-corrected chi connectivity index (χ3v) is 2.03. The number of ether oxygens (including phenoxy) is 1. The lowest BCUT2D eigenvalue weighted by Crippen LogP contribution is -2.05. The van der Waals surface area contributed by atoms with Gasteiger partial charge in [-0.2, -0.15) is 4.98 Å². The molecule has 0 spiro atoms. The largest absolute Gasteiger partial charge is 0.369 e. The molecule has 0 aliphatic carbocycles. The number of anilines is 1. The van der Waals surface area contributed by atoms with E-state index in [-0.39, 0.29) is 12.1 Å². The molecule has 0 aliphatic rings. The molecular weight excluding hydrogens is 194 g/mol. The number of hydrogen-bond donors (Lipinski definition) is 1. The summed E-state index contributed by atoms with van der Waals surface area (Å²) in [7, 11) is 1.59. The Morgan fingerprint density at radius 3 is 2.60 bits per heavy atom.